The first-order chi connectivity index (χ1) is 12.5. The van der Waals surface area contributed by atoms with Crippen molar-refractivity contribution in [1.29, 1.82) is 0 Å². The van der Waals surface area contributed by atoms with E-state index < -0.39 is 0 Å². The minimum absolute atomic E-state index is 0.0136. The minimum Gasteiger partial charge on any atom is -0.355 e. The van der Waals surface area contributed by atoms with Gasteiger partial charge in [-0.15, -0.1) is 0 Å². The number of nitrogens with one attached hydrogen (secondary N) is 2. The van der Waals surface area contributed by atoms with Crippen molar-refractivity contribution in [1.82, 2.24) is 15.1 Å². The van der Waals surface area contributed by atoms with E-state index in [1.54, 1.807) is 0 Å². The van der Waals surface area contributed by atoms with Gasteiger partial charge in [0.25, 0.3) is 0 Å². The van der Waals surface area contributed by atoms with Crippen LogP contribution in [0, 0.1) is 6.92 Å². The number of halogens is 1. The zero-order valence-corrected chi connectivity index (χ0v) is 17.3. The monoisotopic (exact) mass is 424 g/mol. The number of piperazine rings is 1. The molecule has 0 atom stereocenters. The van der Waals surface area contributed by atoms with Crippen molar-refractivity contribution >= 4 is 33.4 Å². The lowest BCUT2D eigenvalue weighted by molar-refractivity contribution is -0.123. The number of hydrogen-bond acceptors (Lipinski definition) is 4. The molecule has 0 radical (unpaired) electrons. The maximum Gasteiger partial charge on any atom is 0.238 e. The SMILES string of the molecule is CCCCNC(=O)CN1CCN(CC(=O)Nc2ccc(C)cc2Br)CC1. The fourth-order valence-electron chi connectivity index (χ4n) is 2.88. The Labute approximate surface area is 164 Å². The quantitative estimate of drug-likeness (QED) is 0.627. The number of anilines is 1. The van der Waals surface area contributed by atoms with Crippen LogP contribution in [0.2, 0.25) is 0 Å². The topological polar surface area (TPSA) is 64.7 Å². The van der Waals surface area contributed by atoms with Crippen LogP contribution in [-0.4, -0.2) is 67.4 Å². The molecule has 1 heterocycles. The molecule has 7 heteroatoms. The fourth-order valence-corrected chi connectivity index (χ4v) is 3.48. The number of amides is 2. The first kappa shape index (κ1) is 20.9. The lowest BCUT2D eigenvalue weighted by Gasteiger charge is -2.33. The van der Waals surface area contributed by atoms with Crippen LogP contribution in [0.15, 0.2) is 22.7 Å². The molecule has 1 aromatic rings. The number of aryl methyl sites for hydroxylation is 1. The molecule has 2 N–H and O–H groups in total. The summed E-state index contributed by atoms with van der Waals surface area (Å²) in [5, 5.41) is 5.90. The standard InChI is InChI=1S/C19H29BrN4O2/c1-3-4-7-21-18(25)13-23-8-10-24(11-9-23)14-19(26)22-17-6-5-15(2)12-16(17)20/h5-6,12H,3-4,7-11,13-14H2,1-2H3,(H,21,25)(H,22,26). The van der Waals surface area contributed by atoms with Gasteiger partial charge in [-0.25, -0.2) is 0 Å². The Hall–Kier alpha value is -1.44. The van der Waals surface area contributed by atoms with Gasteiger partial charge in [-0.05, 0) is 47.0 Å². The third-order valence-corrected chi connectivity index (χ3v) is 5.11. The molecule has 0 aromatic heterocycles. The van der Waals surface area contributed by atoms with Crippen LogP contribution in [0.5, 0.6) is 0 Å². The molecular weight excluding hydrogens is 396 g/mol. The molecule has 2 amide bonds. The molecule has 6 nitrogen and oxygen atoms in total. The first-order valence-electron chi connectivity index (χ1n) is 9.25. The van der Waals surface area contributed by atoms with Crippen molar-refractivity contribution in [2.75, 3.05) is 51.1 Å². The molecule has 2 rings (SSSR count). The summed E-state index contributed by atoms with van der Waals surface area (Å²) in [6.45, 7) is 8.90. The van der Waals surface area contributed by atoms with E-state index >= 15 is 0 Å². The second kappa shape index (κ2) is 10.6. The van der Waals surface area contributed by atoms with E-state index in [2.05, 4.69) is 43.3 Å². The molecule has 1 saturated heterocycles. The van der Waals surface area contributed by atoms with Gasteiger partial charge in [-0.2, -0.15) is 0 Å². The predicted octanol–water partition coefficient (Wildman–Crippen LogP) is 2.23. The second-order valence-electron chi connectivity index (χ2n) is 6.79. The number of rotatable bonds is 8. The maximum atomic E-state index is 12.3. The van der Waals surface area contributed by atoms with E-state index in [1.807, 2.05) is 25.1 Å². The molecular formula is C19H29BrN4O2. The molecule has 1 aromatic carbocycles. The van der Waals surface area contributed by atoms with Crippen LogP contribution >= 0.6 is 15.9 Å². The fraction of sp³-hybridized carbons (Fsp3) is 0.579. The molecule has 144 valence electrons. The van der Waals surface area contributed by atoms with Gasteiger partial charge in [-0.3, -0.25) is 19.4 Å². The summed E-state index contributed by atoms with van der Waals surface area (Å²) in [4.78, 5) is 28.4. The van der Waals surface area contributed by atoms with E-state index in [9.17, 15) is 9.59 Å². The number of benzene rings is 1. The molecule has 0 unspecified atom stereocenters. The summed E-state index contributed by atoms with van der Waals surface area (Å²) in [6.07, 6.45) is 2.10. The van der Waals surface area contributed by atoms with Crippen LogP contribution in [0.25, 0.3) is 0 Å². The van der Waals surface area contributed by atoms with Crippen LogP contribution in [0.3, 0.4) is 0 Å². The van der Waals surface area contributed by atoms with Gasteiger partial charge >= 0.3 is 0 Å². The Morgan fingerprint density at radius 1 is 1.08 bits per heavy atom. The summed E-state index contributed by atoms with van der Waals surface area (Å²) in [7, 11) is 0. The third-order valence-electron chi connectivity index (χ3n) is 4.45. The highest BCUT2D eigenvalue weighted by atomic mass is 79.9. The highest BCUT2D eigenvalue weighted by Crippen LogP contribution is 2.23. The van der Waals surface area contributed by atoms with Gasteiger partial charge in [0.15, 0.2) is 0 Å². The maximum absolute atomic E-state index is 12.3. The van der Waals surface area contributed by atoms with Crippen LogP contribution in [0.1, 0.15) is 25.3 Å². The number of carbonyl (C=O) groups excluding carboxylic acids is 2. The first-order valence-corrected chi connectivity index (χ1v) is 10.0. The minimum atomic E-state index is -0.0136. The van der Waals surface area contributed by atoms with Gasteiger partial charge in [0.05, 0.1) is 18.8 Å². The van der Waals surface area contributed by atoms with Crippen molar-refractivity contribution in [3.8, 4) is 0 Å². The van der Waals surface area contributed by atoms with E-state index in [-0.39, 0.29) is 11.8 Å². The van der Waals surface area contributed by atoms with Crippen molar-refractivity contribution in [3.05, 3.63) is 28.2 Å². The average Bonchev–Trinajstić information content (AvgIpc) is 2.59. The Morgan fingerprint density at radius 3 is 2.27 bits per heavy atom. The van der Waals surface area contributed by atoms with Gasteiger partial charge in [-0.1, -0.05) is 19.4 Å². The number of carbonyl (C=O) groups is 2. The molecule has 0 spiro atoms. The van der Waals surface area contributed by atoms with Gasteiger partial charge in [0, 0.05) is 37.2 Å². The van der Waals surface area contributed by atoms with Gasteiger partial charge in [0.2, 0.25) is 11.8 Å². The summed E-state index contributed by atoms with van der Waals surface area (Å²) in [5.41, 5.74) is 1.94. The summed E-state index contributed by atoms with van der Waals surface area (Å²) in [5.74, 6) is 0.0779. The molecule has 1 fully saturated rings. The highest BCUT2D eigenvalue weighted by Gasteiger charge is 2.20. The Kier molecular flexibility index (Phi) is 8.54. The lowest BCUT2D eigenvalue weighted by atomic mass is 10.2. The van der Waals surface area contributed by atoms with Crippen LogP contribution in [0.4, 0.5) is 5.69 Å². The van der Waals surface area contributed by atoms with E-state index in [0.29, 0.717) is 13.1 Å². The number of unbranched alkanes of at least 4 members (excludes halogenated alkanes) is 1. The summed E-state index contributed by atoms with van der Waals surface area (Å²) in [6, 6.07) is 5.87. The van der Waals surface area contributed by atoms with E-state index in [0.717, 1.165) is 61.3 Å². The van der Waals surface area contributed by atoms with Crippen molar-refractivity contribution in [3.63, 3.8) is 0 Å². The molecule has 1 aliphatic rings. The Balaban J connectivity index is 1.69. The van der Waals surface area contributed by atoms with Crippen molar-refractivity contribution in [2.45, 2.75) is 26.7 Å². The number of nitrogens with zero attached hydrogens (tertiary/aromatic N) is 2. The van der Waals surface area contributed by atoms with Gasteiger partial charge < -0.3 is 10.6 Å². The smallest absolute Gasteiger partial charge is 0.238 e. The second-order valence-corrected chi connectivity index (χ2v) is 7.64. The molecule has 0 bridgehead atoms. The summed E-state index contributed by atoms with van der Waals surface area (Å²) < 4.78 is 0.893. The predicted molar refractivity (Wildman–Crippen MR) is 108 cm³/mol. The van der Waals surface area contributed by atoms with Crippen molar-refractivity contribution in [2.24, 2.45) is 0 Å². The molecule has 1 aliphatic heterocycles. The van der Waals surface area contributed by atoms with E-state index in [1.165, 1.54) is 0 Å². The Morgan fingerprint density at radius 2 is 1.69 bits per heavy atom. The number of hydrogen-bond donors (Lipinski definition) is 2. The Bertz CT molecular complexity index is 616. The van der Waals surface area contributed by atoms with E-state index in [4.69, 9.17) is 0 Å². The molecule has 0 saturated carbocycles. The van der Waals surface area contributed by atoms with Crippen LogP contribution < -0.4 is 10.6 Å². The van der Waals surface area contributed by atoms with Crippen molar-refractivity contribution < 1.29 is 9.59 Å². The highest BCUT2D eigenvalue weighted by molar-refractivity contribution is 9.10. The third kappa shape index (κ3) is 7.05. The molecule has 0 aliphatic carbocycles. The summed E-state index contributed by atoms with van der Waals surface area (Å²) >= 11 is 3.48. The molecule has 26 heavy (non-hydrogen) atoms. The average molecular weight is 425 g/mol. The van der Waals surface area contributed by atoms with Crippen LogP contribution in [-0.2, 0) is 9.59 Å². The lowest BCUT2D eigenvalue weighted by Crippen LogP contribution is -2.51. The normalized spacial score (nSPS) is 15.7. The van der Waals surface area contributed by atoms with Gasteiger partial charge in [0.1, 0.15) is 0 Å². The zero-order chi connectivity index (χ0) is 18.9. The largest absolute Gasteiger partial charge is 0.355 e. The zero-order valence-electron chi connectivity index (χ0n) is 15.7.